The number of esters is 2. The number of aliphatic hydroxyl groups is 3. The van der Waals surface area contributed by atoms with Crippen LogP contribution in [0, 0.1) is 0 Å². The molecular formula is C44H84O12S. The molecule has 12 nitrogen and oxygen atoms in total. The van der Waals surface area contributed by atoms with Crippen LogP contribution in [0.2, 0.25) is 0 Å². The van der Waals surface area contributed by atoms with Crippen LogP contribution in [-0.2, 0) is 38.7 Å². The molecule has 338 valence electrons. The molecule has 6 atom stereocenters. The van der Waals surface area contributed by atoms with Gasteiger partial charge in [0.2, 0.25) is 0 Å². The van der Waals surface area contributed by atoms with Crippen LogP contribution in [0.5, 0.6) is 0 Å². The van der Waals surface area contributed by atoms with Crippen LogP contribution < -0.4 is 0 Å². The fourth-order valence-corrected chi connectivity index (χ4v) is 8.02. The molecule has 0 saturated carbocycles. The summed E-state index contributed by atoms with van der Waals surface area (Å²) in [5, 5.41) is 30.8. The van der Waals surface area contributed by atoms with E-state index in [0.29, 0.717) is 12.8 Å². The summed E-state index contributed by atoms with van der Waals surface area (Å²) in [6.07, 6.45) is 26.3. The van der Waals surface area contributed by atoms with Crippen LogP contribution in [0.1, 0.15) is 213 Å². The molecule has 4 N–H and O–H groups in total. The van der Waals surface area contributed by atoms with Gasteiger partial charge in [0.05, 0.1) is 6.61 Å². The van der Waals surface area contributed by atoms with E-state index in [1.807, 2.05) is 0 Å². The SMILES string of the molecule is CCCCCCCCCCCCCCCCCCCCCCCCC(=O)OC[C@H](CO[C@@H]1O[C@@H](CS(=O)(=O)O)[C@H](O)C(O)C1O)OC(=O)CCCCCCCCC. The van der Waals surface area contributed by atoms with E-state index < -0.39 is 71.2 Å². The van der Waals surface area contributed by atoms with Crippen LogP contribution in [-0.4, -0.2) is 96.0 Å². The third-order valence-corrected chi connectivity index (χ3v) is 11.7. The molecule has 1 rings (SSSR count). The van der Waals surface area contributed by atoms with Gasteiger partial charge < -0.3 is 34.3 Å². The molecule has 0 aliphatic carbocycles. The molecule has 2 unspecified atom stereocenters. The fraction of sp³-hybridized carbons (Fsp3) is 0.955. The number of carbonyl (C=O) groups excluding carboxylic acids is 2. The summed E-state index contributed by atoms with van der Waals surface area (Å²) in [5.74, 6) is -1.97. The first-order valence-corrected chi connectivity index (χ1v) is 24.7. The molecule has 1 aliphatic rings. The zero-order valence-corrected chi connectivity index (χ0v) is 36.8. The number of ether oxygens (including phenoxy) is 4. The summed E-state index contributed by atoms with van der Waals surface area (Å²) < 4.78 is 53.9. The van der Waals surface area contributed by atoms with Crippen LogP contribution in [0.25, 0.3) is 0 Å². The lowest BCUT2D eigenvalue weighted by Crippen LogP contribution is -2.60. The predicted molar refractivity (Wildman–Crippen MR) is 224 cm³/mol. The molecule has 0 aromatic rings. The van der Waals surface area contributed by atoms with Crippen molar-refractivity contribution >= 4 is 22.1 Å². The van der Waals surface area contributed by atoms with E-state index in [9.17, 15) is 37.9 Å². The van der Waals surface area contributed by atoms with Gasteiger partial charge in [0.1, 0.15) is 36.8 Å². The standard InChI is InChI=1S/C44H84O12S/c1-3-5-7-9-11-12-13-14-15-16-17-18-19-20-21-22-23-24-25-27-28-30-32-39(45)53-34-37(55-40(46)33-31-29-26-10-8-6-4-2)35-54-44-43(49)42(48)41(47)38(56-44)36-57(50,51)52/h37-38,41-44,47-49H,3-36H2,1-2H3,(H,50,51,52)/t37-,38+,41+,42?,43?,44-/m1/s1. The normalized spacial score (nSPS) is 20.4. The molecule has 57 heavy (non-hydrogen) atoms. The number of aliphatic hydroxyl groups excluding tert-OH is 3. The highest BCUT2D eigenvalue weighted by Crippen LogP contribution is 2.24. The summed E-state index contributed by atoms with van der Waals surface area (Å²) in [4.78, 5) is 25.2. The average molecular weight is 837 g/mol. The zero-order valence-electron chi connectivity index (χ0n) is 36.0. The average Bonchev–Trinajstić information content (AvgIpc) is 3.17. The van der Waals surface area contributed by atoms with Crippen molar-refractivity contribution in [2.45, 2.75) is 250 Å². The van der Waals surface area contributed by atoms with Crippen molar-refractivity contribution < 1.29 is 56.8 Å². The third-order valence-electron chi connectivity index (χ3n) is 10.9. The van der Waals surface area contributed by atoms with Gasteiger partial charge in [-0.05, 0) is 12.8 Å². The van der Waals surface area contributed by atoms with Gasteiger partial charge in [0, 0.05) is 12.8 Å². The van der Waals surface area contributed by atoms with E-state index in [-0.39, 0.29) is 19.4 Å². The number of hydrogen-bond donors (Lipinski definition) is 4. The van der Waals surface area contributed by atoms with Crippen LogP contribution in [0.15, 0.2) is 0 Å². The Morgan fingerprint density at radius 1 is 0.526 bits per heavy atom. The van der Waals surface area contributed by atoms with E-state index in [4.69, 9.17) is 18.9 Å². The van der Waals surface area contributed by atoms with Crippen molar-refractivity contribution in [2.24, 2.45) is 0 Å². The Labute approximate surface area is 346 Å². The van der Waals surface area contributed by atoms with Gasteiger partial charge in [0.25, 0.3) is 10.1 Å². The Balaban J connectivity index is 2.27. The Morgan fingerprint density at radius 3 is 1.28 bits per heavy atom. The lowest BCUT2D eigenvalue weighted by molar-refractivity contribution is -0.297. The smallest absolute Gasteiger partial charge is 0.306 e. The first-order valence-electron chi connectivity index (χ1n) is 23.1. The summed E-state index contributed by atoms with van der Waals surface area (Å²) >= 11 is 0. The van der Waals surface area contributed by atoms with Gasteiger partial charge in [-0.3, -0.25) is 14.1 Å². The third kappa shape index (κ3) is 30.4. The highest BCUT2D eigenvalue weighted by Gasteiger charge is 2.46. The number of hydrogen-bond acceptors (Lipinski definition) is 11. The van der Waals surface area contributed by atoms with Crippen molar-refractivity contribution in [3.8, 4) is 0 Å². The molecule has 0 bridgehead atoms. The predicted octanol–water partition coefficient (Wildman–Crippen LogP) is 9.29. The largest absolute Gasteiger partial charge is 0.462 e. The van der Waals surface area contributed by atoms with Gasteiger partial charge in [0.15, 0.2) is 12.4 Å². The fourth-order valence-electron chi connectivity index (χ4n) is 7.33. The van der Waals surface area contributed by atoms with Crippen molar-refractivity contribution in [1.29, 1.82) is 0 Å². The van der Waals surface area contributed by atoms with E-state index in [0.717, 1.165) is 51.4 Å². The van der Waals surface area contributed by atoms with Gasteiger partial charge in [-0.1, -0.05) is 187 Å². The van der Waals surface area contributed by atoms with Gasteiger partial charge >= 0.3 is 11.9 Å². The quantitative estimate of drug-likeness (QED) is 0.0262. The summed E-state index contributed by atoms with van der Waals surface area (Å²) in [5.41, 5.74) is 0. The molecule has 1 heterocycles. The zero-order chi connectivity index (χ0) is 42.0. The van der Waals surface area contributed by atoms with Crippen molar-refractivity contribution in [1.82, 2.24) is 0 Å². The topological polar surface area (TPSA) is 186 Å². The van der Waals surface area contributed by atoms with Crippen LogP contribution in [0.3, 0.4) is 0 Å². The van der Waals surface area contributed by atoms with E-state index in [1.165, 1.54) is 122 Å². The van der Waals surface area contributed by atoms with Gasteiger partial charge in [-0.15, -0.1) is 0 Å². The monoisotopic (exact) mass is 837 g/mol. The summed E-state index contributed by atoms with van der Waals surface area (Å²) in [6, 6.07) is 0. The van der Waals surface area contributed by atoms with Crippen molar-refractivity contribution in [3.05, 3.63) is 0 Å². The van der Waals surface area contributed by atoms with E-state index >= 15 is 0 Å². The molecule has 1 aliphatic heterocycles. The molecule has 13 heteroatoms. The molecule has 0 radical (unpaired) electrons. The van der Waals surface area contributed by atoms with E-state index in [1.54, 1.807) is 0 Å². The second-order valence-electron chi connectivity index (χ2n) is 16.4. The summed E-state index contributed by atoms with van der Waals surface area (Å²) in [6.45, 7) is 3.72. The lowest BCUT2D eigenvalue weighted by Gasteiger charge is -2.40. The highest BCUT2D eigenvalue weighted by molar-refractivity contribution is 7.85. The molecule has 0 aromatic carbocycles. The Morgan fingerprint density at radius 2 is 0.895 bits per heavy atom. The number of unbranched alkanes of at least 4 members (excludes halogenated alkanes) is 27. The van der Waals surface area contributed by atoms with Crippen LogP contribution >= 0.6 is 0 Å². The Kier molecular flexibility index (Phi) is 33.3. The molecular weight excluding hydrogens is 753 g/mol. The van der Waals surface area contributed by atoms with Crippen molar-refractivity contribution in [3.63, 3.8) is 0 Å². The lowest BCUT2D eigenvalue weighted by atomic mass is 10.00. The highest BCUT2D eigenvalue weighted by atomic mass is 32.2. The minimum atomic E-state index is -4.59. The maximum Gasteiger partial charge on any atom is 0.306 e. The minimum Gasteiger partial charge on any atom is -0.462 e. The maximum absolute atomic E-state index is 12.7. The Bertz CT molecular complexity index is 1070. The second-order valence-corrected chi connectivity index (χ2v) is 17.9. The first kappa shape index (κ1) is 53.7. The second kappa shape index (κ2) is 35.4. The van der Waals surface area contributed by atoms with Crippen LogP contribution in [0.4, 0.5) is 0 Å². The first-order chi connectivity index (χ1) is 27.5. The Hall–Kier alpha value is -1.35. The van der Waals surface area contributed by atoms with Crippen molar-refractivity contribution in [2.75, 3.05) is 19.0 Å². The molecule has 1 fully saturated rings. The van der Waals surface area contributed by atoms with Gasteiger partial charge in [-0.25, -0.2) is 0 Å². The minimum absolute atomic E-state index is 0.168. The maximum atomic E-state index is 12.7. The molecule has 1 saturated heterocycles. The number of carbonyl (C=O) groups is 2. The molecule has 0 amide bonds. The molecule has 0 aromatic heterocycles. The number of rotatable bonds is 39. The van der Waals surface area contributed by atoms with Gasteiger partial charge in [-0.2, -0.15) is 8.42 Å². The van der Waals surface area contributed by atoms with E-state index in [2.05, 4.69) is 13.8 Å². The summed E-state index contributed by atoms with van der Waals surface area (Å²) in [7, 11) is -4.59. The molecule has 0 spiro atoms.